The molecule has 0 radical (unpaired) electrons. The second-order valence-electron chi connectivity index (χ2n) is 12.7. The fourth-order valence-electron chi connectivity index (χ4n) is 6.29. The first-order chi connectivity index (χ1) is 15.8. The highest BCUT2D eigenvalue weighted by Crippen LogP contribution is 2.58. The van der Waals surface area contributed by atoms with E-state index >= 15 is 0 Å². The fourth-order valence-corrected chi connectivity index (χ4v) is 7.75. The summed E-state index contributed by atoms with van der Waals surface area (Å²) in [7, 11) is -1.73. The normalized spacial score (nSPS) is 29.6. The Morgan fingerprint density at radius 1 is 1.15 bits per heavy atom. The molecule has 0 amide bonds. The van der Waals surface area contributed by atoms with Gasteiger partial charge in [-0.05, 0) is 93.0 Å². The monoisotopic (exact) mass is 484 g/mol. The van der Waals surface area contributed by atoms with Gasteiger partial charge in [0.25, 0.3) is 0 Å². The number of ether oxygens (including phenoxy) is 1. The molecular weight excluding hydrogens is 436 g/mol. The molecule has 0 aromatic heterocycles. The van der Waals surface area contributed by atoms with Gasteiger partial charge in [0.05, 0.1) is 5.56 Å². The first kappa shape index (κ1) is 27.2. The zero-order valence-corrected chi connectivity index (χ0v) is 23.9. The molecule has 4 heteroatoms. The van der Waals surface area contributed by atoms with E-state index in [-0.39, 0.29) is 28.6 Å². The van der Waals surface area contributed by atoms with Crippen LogP contribution < -0.4 is 0 Å². The third kappa shape index (κ3) is 6.05. The van der Waals surface area contributed by atoms with E-state index in [0.29, 0.717) is 23.3 Å². The van der Waals surface area contributed by atoms with E-state index in [1.165, 1.54) is 12.8 Å². The molecule has 0 spiro atoms. The predicted octanol–water partition coefficient (Wildman–Crippen LogP) is 8.42. The van der Waals surface area contributed by atoms with E-state index in [4.69, 9.17) is 9.16 Å². The van der Waals surface area contributed by atoms with Crippen molar-refractivity contribution in [1.29, 1.82) is 0 Å². The van der Waals surface area contributed by atoms with Gasteiger partial charge in [0.15, 0.2) is 8.32 Å². The van der Waals surface area contributed by atoms with E-state index in [9.17, 15) is 4.79 Å². The van der Waals surface area contributed by atoms with E-state index < -0.39 is 8.32 Å². The van der Waals surface area contributed by atoms with Crippen LogP contribution >= 0.6 is 0 Å². The van der Waals surface area contributed by atoms with Crippen LogP contribution in [0.1, 0.15) is 90.4 Å². The Labute approximate surface area is 209 Å². The van der Waals surface area contributed by atoms with Crippen LogP contribution in [-0.4, -0.2) is 26.5 Å². The summed E-state index contributed by atoms with van der Waals surface area (Å²) in [4.78, 5) is 12.7. The second kappa shape index (κ2) is 10.7. The van der Waals surface area contributed by atoms with Gasteiger partial charge >= 0.3 is 5.97 Å². The number of fused-ring (bicyclic) bond motifs is 1. The SMILES string of the molecule is C[C@@H](CC=C[C@H](C)[C@H]1CC[C@H]2[C@@H](OC(=O)c3ccccc3)CCC[C@]12C)O[Si](C)(C)C(C)(C)C. The standard InChI is InChI=1S/C30H48O3Si/c1-22(14-12-15-23(2)33-34(7,8)29(3,4)5)25-19-20-26-27(18-13-21-30(25,26)6)32-28(31)24-16-10-9-11-17-24/h9-12,14,16-17,22-23,25-27H,13,15,18-21H2,1-8H3/t22-,23-,25+,26-,27-,30+/m0/s1. The lowest BCUT2D eigenvalue weighted by Gasteiger charge is -2.45. The van der Waals surface area contributed by atoms with Gasteiger partial charge in [0.1, 0.15) is 6.10 Å². The molecule has 0 unspecified atom stereocenters. The van der Waals surface area contributed by atoms with Crippen LogP contribution in [0, 0.1) is 23.2 Å². The highest BCUT2D eigenvalue weighted by Gasteiger charge is 2.53. The van der Waals surface area contributed by atoms with Crippen LogP contribution in [0.2, 0.25) is 18.1 Å². The van der Waals surface area contributed by atoms with Gasteiger partial charge in [-0.15, -0.1) is 0 Å². The van der Waals surface area contributed by atoms with Crippen molar-refractivity contribution in [3.8, 4) is 0 Å². The number of allylic oxidation sites excluding steroid dienone is 1. The molecule has 34 heavy (non-hydrogen) atoms. The van der Waals surface area contributed by atoms with Gasteiger partial charge in [0.2, 0.25) is 0 Å². The maximum atomic E-state index is 12.7. The molecule has 2 aliphatic rings. The summed E-state index contributed by atoms with van der Waals surface area (Å²) >= 11 is 0. The van der Waals surface area contributed by atoms with Crippen LogP contribution in [0.4, 0.5) is 0 Å². The molecule has 2 aliphatic carbocycles. The van der Waals surface area contributed by atoms with E-state index in [1.807, 2.05) is 30.3 Å². The fraction of sp³-hybridized carbons (Fsp3) is 0.700. The molecule has 6 atom stereocenters. The summed E-state index contributed by atoms with van der Waals surface area (Å²) in [6, 6.07) is 9.44. The molecule has 190 valence electrons. The third-order valence-corrected chi connectivity index (χ3v) is 13.9. The van der Waals surface area contributed by atoms with E-state index in [2.05, 4.69) is 66.8 Å². The van der Waals surface area contributed by atoms with Crippen LogP contribution in [-0.2, 0) is 9.16 Å². The molecule has 1 aromatic carbocycles. The van der Waals surface area contributed by atoms with E-state index in [0.717, 1.165) is 25.7 Å². The highest BCUT2D eigenvalue weighted by atomic mass is 28.4. The summed E-state index contributed by atoms with van der Waals surface area (Å²) < 4.78 is 12.6. The van der Waals surface area contributed by atoms with Gasteiger partial charge in [-0.25, -0.2) is 4.79 Å². The second-order valence-corrected chi connectivity index (χ2v) is 17.5. The van der Waals surface area contributed by atoms with Crippen molar-refractivity contribution < 1.29 is 14.0 Å². The molecule has 0 heterocycles. The molecule has 3 rings (SSSR count). The van der Waals surface area contributed by atoms with Gasteiger partial charge in [0, 0.05) is 12.0 Å². The van der Waals surface area contributed by atoms with Crippen molar-refractivity contribution >= 4 is 14.3 Å². The van der Waals surface area contributed by atoms with Gasteiger partial charge < -0.3 is 9.16 Å². The maximum Gasteiger partial charge on any atom is 0.338 e. The van der Waals surface area contributed by atoms with Gasteiger partial charge in [-0.3, -0.25) is 0 Å². The minimum absolute atomic E-state index is 0.0469. The van der Waals surface area contributed by atoms with Crippen molar-refractivity contribution in [2.24, 2.45) is 23.2 Å². The summed E-state index contributed by atoms with van der Waals surface area (Å²) in [6.45, 7) is 18.6. The molecule has 0 aliphatic heterocycles. The van der Waals surface area contributed by atoms with Crippen LogP contribution in [0.15, 0.2) is 42.5 Å². The molecule has 2 fully saturated rings. The number of benzene rings is 1. The predicted molar refractivity (Wildman–Crippen MR) is 144 cm³/mol. The Hall–Kier alpha value is -1.39. The lowest BCUT2D eigenvalue weighted by atomic mass is 9.62. The molecular formula is C30H48O3Si. The Morgan fingerprint density at radius 3 is 2.47 bits per heavy atom. The smallest absolute Gasteiger partial charge is 0.338 e. The number of hydrogen-bond acceptors (Lipinski definition) is 3. The largest absolute Gasteiger partial charge is 0.458 e. The van der Waals surface area contributed by atoms with Crippen molar-refractivity contribution in [3.63, 3.8) is 0 Å². The summed E-state index contributed by atoms with van der Waals surface area (Å²) in [6.07, 6.45) is 11.8. The quantitative estimate of drug-likeness (QED) is 0.211. The average Bonchev–Trinajstić information content (AvgIpc) is 3.11. The first-order valence-corrected chi connectivity index (χ1v) is 16.4. The number of carbonyl (C=O) groups excluding carboxylic acids is 1. The Balaban J connectivity index is 1.59. The van der Waals surface area contributed by atoms with Gasteiger partial charge in [-0.2, -0.15) is 0 Å². The van der Waals surface area contributed by atoms with Crippen molar-refractivity contribution in [1.82, 2.24) is 0 Å². The van der Waals surface area contributed by atoms with Crippen LogP contribution in [0.5, 0.6) is 0 Å². The Kier molecular flexibility index (Phi) is 8.56. The zero-order chi connectivity index (χ0) is 25.1. The molecule has 0 bridgehead atoms. The number of carbonyl (C=O) groups is 1. The van der Waals surface area contributed by atoms with Crippen molar-refractivity contribution in [3.05, 3.63) is 48.0 Å². The Morgan fingerprint density at radius 2 is 1.82 bits per heavy atom. The zero-order valence-electron chi connectivity index (χ0n) is 22.9. The number of esters is 1. The van der Waals surface area contributed by atoms with Gasteiger partial charge in [-0.1, -0.05) is 65.0 Å². The summed E-state index contributed by atoms with van der Waals surface area (Å²) in [5, 5.41) is 0.243. The molecule has 1 aromatic rings. The maximum absolute atomic E-state index is 12.7. The minimum Gasteiger partial charge on any atom is -0.458 e. The molecule has 2 saturated carbocycles. The number of rotatable bonds is 8. The molecule has 3 nitrogen and oxygen atoms in total. The minimum atomic E-state index is -1.73. The average molecular weight is 485 g/mol. The highest BCUT2D eigenvalue weighted by molar-refractivity contribution is 6.74. The lowest BCUT2D eigenvalue weighted by Crippen LogP contribution is -2.43. The first-order valence-electron chi connectivity index (χ1n) is 13.5. The van der Waals surface area contributed by atoms with E-state index in [1.54, 1.807) is 0 Å². The lowest BCUT2D eigenvalue weighted by molar-refractivity contribution is -0.0444. The third-order valence-electron chi connectivity index (χ3n) is 9.25. The summed E-state index contributed by atoms with van der Waals surface area (Å²) in [5.74, 6) is 1.47. The topological polar surface area (TPSA) is 35.5 Å². The summed E-state index contributed by atoms with van der Waals surface area (Å²) in [5.41, 5.74) is 0.905. The van der Waals surface area contributed by atoms with Crippen molar-refractivity contribution in [2.45, 2.75) is 110 Å². The Bertz CT molecular complexity index is 840. The van der Waals surface area contributed by atoms with Crippen LogP contribution in [0.3, 0.4) is 0 Å². The number of hydrogen-bond donors (Lipinski definition) is 0. The molecule has 0 saturated heterocycles. The van der Waals surface area contributed by atoms with Crippen molar-refractivity contribution in [2.75, 3.05) is 0 Å². The molecule has 0 N–H and O–H groups in total. The van der Waals surface area contributed by atoms with Crippen LogP contribution in [0.25, 0.3) is 0 Å².